The van der Waals surface area contributed by atoms with Crippen LogP contribution in [0.25, 0.3) is 11.1 Å². The van der Waals surface area contributed by atoms with Crippen LogP contribution < -0.4 is 0 Å². The Hall–Kier alpha value is -1.70. The fraction of sp³-hybridized carbons (Fsp3) is 0.143. The van der Waals surface area contributed by atoms with Gasteiger partial charge < -0.3 is 0 Å². The highest BCUT2D eigenvalue weighted by Crippen LogP contribution is 2.28. The van der Waals surface area contributed by atoms with Gasteiger partial charge in [-0.15, -0.1) is 0 Å². The maximum absolute atomic E-state index is 13.7. The minimum absolute atomic E-state index is 0.347. The minimum Gasteiger partial charge on any atom is -0.207 e. The van der Waals surface area contributed by atoms with Crippen molar-refractivity contribution in [3.63, 3.8) is 0 Å². The van der Waals surface area contributed by atoms with Crippen molar-refractivity contribution < 1.29 is 8.78 Å². The lowest BCUT2D eigenvalue weighted by Crippen LogP contribution is -1.92. The smallest absolute Gasteiger partial charge is 0.131 e. The van der Waals surface area contributed by atoms with E-state index in [-0.39, 0.29) is 11.6 Å². The van der Waals surface area contributed by atoms with Crippen molar-refractivity contribution in [3.8, 4) is 11.1 Å². The fourth-order valence-corrected chi connectivity index (χ4v) is 1.73. The number of halogens is 2. The average Bonchev–Trinajstić information content (AvgIpc) is 2.27. The van der Waals surface area contributed by atoms with Crippen LogP contribution in [0.15, 0.2) is 36.4 Å². The Balaban J connectivity index is 2.63. The Bertz CT molecular complexity index is 513. The predicted octanol–water partition coefficient (Wildman–Crippen LogP) is 4.25. The number of rotatable bonds is 1. The molecule has 2 rings (SSSR count). The monoisotopic (exact) mass is 218 g/mol. The van der Waals surface area contributed by atoms with Crippen molar-refractivity contribution in [2.45, 2.75) is 13.8 Å². The standard InChI is InChI=1S/C14H12F2/c1-9-3-5-11(6-4-9)14-10(2)12(15)7-8-13(14)16/h3-8H,1-2H3. The fourth-order valence-electron chi connectivity index (χ4n) is 1.73. The normalized spacial score (nSPS) is 10.5. The summed E-state index contributed by atoms with van der Waals surface area (Å²) in [6.45, 7) is 3.55. The second kappa shape index (κ2) is 4.05. The van der Waals surface area contributed by atoms with Gasteiger partial charge in [-0.3, -0.25) is 0 Å². The molecule has 0 saturated carbocycles. The van der Waals surface area contributed by atoms with Gasteiger partial charge in [-0.1, -0.05) is 29.8 Å². The van der Waals surface area contributed by atoms with E-state index in [1.165, 1.54) is 0 Å². The molecule has 0 aliphatic rings. The maximum atomic E-state index is 13.7. The van der Waals surface area contributed by atoms with Gasteiger partial charge in [0.15, 0.2) is 0 Å². The third kappa shape index (κ3) is 1.83. The number of benzene rings is 2. The number of hydrogen-bond donors (Lipinski definition) is 0. The van der Waals surface area contributed by atoms with Crippen molar-refractivity contribution in [1.82, 2.24) is 0 Å². The van der Waals surface area contributed by atoms with E-state index in [0.717, 1.165) is 17.7 Å². The molecule has 16 heavy (non-hydrogen) atoms. The highest BCUT2D eigenvalue weighted by atomic mass is 19.1. The lowest BCUT2D eigenvalue weighted by atomic mass is 9.99. The van der Waals surface area contributed by atoms with E-state index >= 15 is 0 Å². The van der Waals surface area contributed by atoms with Gasteiger partial charge in [0.2, 0.25) is 0 Å². The van der Waals surface area contributed by atoms with Crippen molar-refractivity contribution in [1.29, 1.82) is 0 Å². The Morgan fingerprint density at radius 1 is 0.750 bits per heavy atom. The zero-order valence-electron chi connectivity index (χ0n) is 9.22. The molecular weight excluding hydrogens is 206 g/mol. The first kappa shape index (κ1) is 10.8. The lowest BCUT2D eigenvalue weighted by molar-refractivity contribution is 0.595. The Morgan fingerprint density at radius 3 is 1.94 bits per heavy atom. The summed E-state index contributed by atoms with van der Waals surface area (Å²) in [6.07, 6.45) is 0. The summed E-state index contributed by atoms with van der Waals surface area (Å²) in [6, 6.07) is 9.71. The zero-order chi connectivity index (χ0) is 11.7. The zero-order valence-corrected chi connectivity index (χ0v) is 9.22. The molecule has 0 aromatic heterocycles. The van der Waals surface area contributed by atoms with Crippen LogP contribution in [0.2, 0.25) is 0 Å². The SMILES string of the molecule is Cc1ccc(-c2c(F)ccc(F)c2C)cc1. The molecule has 82 valence electrons. The Labute approximate surface area is 93.5 Å². The molecule has 0 amide bonds. The van der Waals surface area contributed by atoms with E-state index in [9.17, 15) is 8.78 Å². The molecular formula is C14H12F2. The van der Waals surface area contributed by atoms with Crippen molar-refractivity contribution >= 4 is 0 Å². The molecule has 0 fully saturated rings. The van der Waals surface area contributed by atoms with E-state index in [2.05, 4.69) is 0 Å². The quantitative estimate of drug-likeness (QED) is 0.671. The molecule has 0 spiro atoms. The first-order chi connectivity index (χ1) is 7.59. The van der Waals surface area contributed by atoms with Crippen molar-refractivity contribution in [2.75, 3.05) is 0 Å². The molecule has 0 bridgehead atoms. The third-order valence-corrected chi connectivity index (χ3v) is 2.69. The molecule has 0 radical (unpaired) electrons. The van der Waals surface area contributed by atoms with E-state index in [4.69, 9.17) is 0 Å². The second-order valence-corrected chi connectivity index (χ2v) is 3.90. The Morgan fingerprint density at radius 2 is 1.31 bits per heavy atom. The predicted molar refractivity (Wildman–Crippen MR) is 61.3 cm³/mol. The highest BCUT2D eigenvalue weighted by Gasteiger charge is 2.11. The van der Waals surface area contributed by atoms with Gasteiger partial charge in [-0.2, -0.15) is 0 Å². The van der Waals surface area contributed by atoms with Gasteiger partial charge in [0.05, 0.1) is 0 Å². The molecule has 2 aromatic rings. The molecule has 0 aliphatic heterocycles. The summed E-state index contributed by atoms with van der Waals surface area (Å²) in [5.74, 6) is -0.764. The van der Waals surface area contributed by atoms with Gasteiger partial charge in [0.1, 0.15) is 11.6 Å². The largest absolute Gasteiger partial charge is 0.207 e. The molecule has 0 unspecified atom stereocenters. The highest BCUT2D eigenvalue weighted by molar-refractivity contribution is 5.68. The van der Waals surface area contributed by atoms with E-state index in [1.807, 2.05) is 19.1 Å². The van der Waals surface area contributed by atoms with Crippen LogP contribution >= 0.6 is 0 Å². The van der Waals surface area contributed by atoms with E-state index < -0.39 is 0 Å². The van der Waals surface area contributed by atoms with Crippen LogP contribution in [0.5, 0.6) is 0 Å². The molecule has 2 heteroatoms. The summed E-state index contributed by atoms with van der Waals surface area (Å²) >= 11 is 0. The van der Waals surface area contributed by atoms with Gasteiger partial charge in [0.25, 0.3) is 0 Å². The molecule has 0 aliphatic carbocycles. The number of aryl methyl sites for hydroxylation is 1. The van der Waals surface area contributed by atoms with Gasteiger partial charge >= 0.3 is 0 Å². The van der Waals surface area contributed by atoms with Crippen LogP contribution in [-0.4, -0.2) is 0 Å². The lowest BCUT2D eigenvalue weighted by Gasteiger charge is -2.08. The Kier molecular flexibility index (Phi) is 2.73. The molecule has 0 saturated heterocycles. The van der Waals surface area contributed by atoms with Crippen LogP contribution in [-0.2, 0) is 0 Å². The number of hydrogen-bond acceptors (Lipinski definition) is 0. The first-order valence-electron chi connectivity index (χ1n) is 5.11. The van der Waals surface area contributed by atoms with Crippen molar-refractivity contribution in [3.05, 3.63) is 59.2 Å². The van der Waals surface area contributed by atoms with Crippen LogP contribution in [0.1, 0.15) is 11.1 Å². The van der Waals surface area contributed by atoms with E-state index in [0.29, 0.717) is 16.7 Å². The molecule has 0 atom stereocenters. The second-order valence-electron chi connectivity index (χ2n) is 3.90. The maximum Gasteiger partial charge on any atom is 0.131 e. The summed E-state index contributed by atoms with van der Waals surface area (Å²) < 4.78 is 27.0. The minimum atomic E-state index is -0.386. The van der Waals surface area contributed by atoms with Crippen LogP contribution in [0.3, 0.4) is 0 Å². The molecule has 2 aromatic carbocycles. The van der Waals surface area contributed by atoms with Crippen LogP contribution in [0, 0.1) is 25.5 Å². The first-order valence-corrected chi connectivity index (χ1v) is 5.11. The summed E-state index contributed by atoms with van der Waals surface area (Å²) in [4.78, 5) is 0. The summed E-state index contributed by atoms with van der Waals surface area (Å²) in [5, 5.41) is 0. The summed E-state index contributed by atoms with van der Waals surface area (Å²) in [5.41, 5.74) is 2.50. The third-order valence-electron chi connectivity index (χ3n) is 2.69. The van der Waals surface area contributed by atoms with Gasteiger partial charge in [-0.05, 0) is 37.1 Å². The average molecular weight is 218 g/mol. The van der Waals surface area contributed by atoms with Gasteiger partial charge in [-0.25, -0.2) is 8.78 Å². The molecule has 0 nitrogen and oxygen atoms in total. The van der Waals surface area contributed by atoms with Gasteiger partial charge in [0, 0.05) is 5.56 Å². The van der Waals surface area contributed by atoms with Crippen LogP contribution in [0.4, 0.5) is 8.78 Å². The van der Waals surface area contributed by atoms with E-state index in [1.54, 1.807) is 19.1 Å². The van der Waals surface area contributed by atoms with Crippen molar-refractivity contribution in [2.24, 2.45) is 0 Å². The topological polar surface area (TPSA) is 0 Å². The molecule has 0 heterocycles. The summed E-state index contributed by atoms with van der Waals surface area (Å²) in [7, 11) is 0. The molecule has 0 N–H and O–H groups in total.